The molecular formula is C18H16N4O. The zero-order valence-electron chi connectivity index (χ0n) is 13.1. The van der Waals surface area contributed by atoms with Gasteiger partial charge in [0, 0.05) is 24.7 Å². The molecule has 0 aliphatic carbocycles. The van der Waals surface area contributed by atoms with Gasteiger partial charge in [-0.1, -0.05) is 0 Å². The standard InChI is InChI=1S/C18H16N4O/c1-21-8-7-19-17-12-9-11(23-2)3-5-14(12)22-10-20-13-4-6-15(21)16(17)18(13)22/h3-6,9-10H,7-8H2,1-2H3. The SMILES string of the molecule is COc1ccc2c(c1)c1c3c(ccc4ncn2c43)N(C)CCN=1. The number of hydrogen-bond acceptors (Lipinski definition) is 4. The second-order valence-electron chi connectivity index (χ2n) is 5.98. The smallest absolute Gasteiger partial charge is 0.119 e. The minimum atomic E-state index is 0.785. The predicted octanol–water partition coefficient (Wildman–Crippen LogP) is 2.44. The van der Waals surface area contributed by atoms with Crippen molar-refractivity contribution in [3.8, 4) is 5.75 Å². The molecule has 2 aromatic carbocycles. The van der Waals surface area contributed by atoms with Gasteiger partial charge in [0.15, 0.2) is 0 Å². The Balaban J connectivity index is 2.14. The molecule has 0 fully saturated rings. The number of nitrogens with zero attached hydrogens (tertiary/aromatic N) is 4. The van der Waals surface area contributed by atoms with Crippen LogP contribution in [0, 0.1) is 0 Å². The van der Waals surface area contributed by atoms with Crippen LogP contribution in [0.1, 0.15) is 0 Å². The van der Waals surface area contributed by atoms with Gasteiger partial charge in [-0.2, -0.15) is 0 Å². The molecule has 1 aliphatic heterocycles. The second kappa shape index (κ2) is 4.35. The Labute approximate surface area is 132 Å². The molecule has 0 saturated carbocycles. The van der Waals surface area contributed by atoms with Gasteiger partial charge in [0.25, 0.3) is 0 Å². The maximum absolute atomic E-state index is 5.43. The number of aromatic nitrogens is 2. The van der Waals surface area contributed by atoms with E-state index in [1.807, 2.05) is 12.4 Å². The molecule has 0 atom stereocenters. The van der Waals surface area contributed by atoms with Gasteiger partial charge < -0.3 is 9.64 Å². The van der Waals surface area contributed by atoms with Gasteiger partial charge in [0.05, 0.1) is 40.9 Å². The van der Waals surface area contributed by atoms with Crippen molar-refractivity contribution in [1.82, 2.24) is 9.38 Å². The van der Waals surface area contributed by atoms with E-state index >= 15 is 0 Å². The summed E-state index contributed by atoms with van der Waals surface area (Å²) in [6.07, 6.45) is 1.90. The van der Waals surface area contributed by atoms with Gasteiger partial charge in [-0.05, 0) is 30.3 Å². The first-order valence-corrected chi connectivity index (χ1v) is 7.73. The molecular weight excluding hydrogens is 288 g/mol. The van der Waals surface area contributed by atoms with Crippen molar-refractivity contribution in [3.05, 3.63) is 42.0 Å². The fraction of sp³-hybridized carbons (Fsp3) is 0.222. The van der Waals surface area contributed by atoms with Crippen LogP contribution in [-0.2, 0) is 0 Å². The van der Waals surface area contributed by atoms with Gasteiger partial charge in [-0.15, -0.1) is 0 Å². The van der Waals surface area contributed by atoms with Crippen LogP contribution in [-0.4, -0.2) is 36.6 Å². The minimum absolute atomic E-state index is 0.785. The van der Waals surface area contributed by atoms with Crippen LogP contribution in [0.5, 0.6) is 5.75 Å². The molecule has 0 N–H and O–H groups in total. The van der Waals surface area contributed by atoms with Crippen molar-refractivity contribution in [1.29, 1.82) is 0 Å². The number of ether oxygens (including phenoxy) is 1. The fourth-order valence-corrected chi connectivity index (χ4v) is 3.60. The lowest BCUT2D eigenvalue weighted by molar-refractivity contribution is 0.415. The first-order chi connectivity index (χ1) is 11.3. The molecule has 3 heterocycles. The molecule has 2 aromatic heterocycles. The van der Waals surface area contributed by atoms with Crippen LogP contribution in [0.3, 0.4) is 0 Å². The molecule has 5 rings (SSSR count). The van der Waals surface area contributed by atoms with E-state index in [-0.39, 0.29) is 0 Å². The van der Waals surface area contributed by atoms with E-state index in [9.17, 15) is 0 Å². The third-order valence-electron chi connectivity index (χ3n) is 4.76. The van der Waals surface area contributed by atoms with Crippen molar-refractivity contribution in [2.75, 3.05) is 32.1 Å². The van der Waals surface area contributed by atoms with Gasteiger partial charge in [0.2, 0.25) is 0 Å². The third kappa shape index (κ3) is 1.56. The summed E-state index contributed by atoms with van der Waals surface area (Å²) in [5, 5.41) is 3.34. The molecule has 23 heavy (non-hydrogen) atoms. The van der Waals surface area contributed by atoms with Gasteiger partial charge in [-0.25, -0.2) is 4.98 Å². The van der Waals surface area contributed by atoms with Crippen LogP contribution in [0.4, 0.5) is 5.69 Å². The second-order valence-corrected chi connectivity index (χ2v) is 5.98. The molecule has 5 heteroatoms. The number of likely N-dealkylation sites (N-methyl/N-ethyl adjacent to an activating group) is 1. The molecule has 0 bridgehead atoms. The predicted molar refractivity (Wildman–Crippen MR) is 91.6 cm³/mol. The molecule has 114 valence electrons. The van der Waals surface area contributed by atoms with Gasteiger partial charge in [-0.3, -0.25) is 9.39 Å². The first kappa shape index (κ1) is 12.7. The van der Waals surface area contributed by atoms with E-state index in [4.69, 9.17) is 9.73 Å². The highest BCUT2D eigenvalue weighted by atomic mass is 16.5. The van der Waals surface area contributed by atoms with Crippen LogP contribution in [0.2, 0.25) is 0 Å². The molecule has 0 unspecified atom stereocenters. The number of anilines is 1. The summed E-state index contributed by atoms with van der Waals surface area (Å²) in [5.41, 5.74) is 4.48. The van der Waals surface area contributed by atoms with Crippen LogP contribution in [0.25, 0.3) is 27.3 Å². The molecule has 5 nitrogen and oxygen atoms in total. The molecule has 1 aliphatic rings. The summed E-state index contributed by atoms with van der Waals surface area (Å²) in [5.74, 6) is 0.848. The maximum Gasteiger partial charge on any atom is 0.119 e. The number of rotatable bonds is 1. The summed E-state index contributed by atoms with van der Waals surface area (Å²) in [6, 6.07) is 10.4. The lowest BCUT2D eigenvalue weighted by Crippen LogP contribution is -2.19. The van der Waals surface area contributed by atoms with E-state index in [0.29, 0.717) is 0 Å². The van der Waals surface area contributed by atoms with Gasteiger partial charge >= 0.3 is 0 Å². The Bertz CT molecular complexity index is 1130. The summed E-state index contributed by atoms with van der Waals surface area (Å²) in [4.78, 5) is 11.8. The van der Waals surface area contributed by atoms with Crippen LogP contribution >= 0.6 is 0 Å². The van der Waals surface area contributed by atoms with E-state index in [0.717, 1.165) is 46.1 Å². The zero-order valence-corrected chi connectivity index (χ0v) is 13.1. The number of fused-ring (bicyclic) bond motifs is 3. The normalized spacial score (nSPS) is 14.4. The van der Waals surface area contributed by atoms with Crippen molar-refractivity contribution >= 4 is 33.0 Å². The van der Waals surface area contributed by atoms with Crippen molar-refractivity contribution in [3.63, 3.8) is 0 Å². The van der Waals surface area contributed by atoms with Crippen molar-refractivity contribution in [2.45, 2.75) is 0 Å². The topological polar surface area (TPSA) is 42.1 Å². The average Bonchev–Trinajstić information content (AvgIpc) is 2.94. The quantitative estimate of drug-likeness (QED) is 0.507. The Morgan fingerprint density at radius 3 is 2.96 bits per heavy atom. The highest BCUT2D eigenvalue weighted by molar-refractivity contribution is 6.07. The summed E-state index contributed by atoms with van der Waals surface area (Å²) in [7, 11) is 3.82. The number of methoxy groups -OCH3 is 1. The average molecular weight is 304 g/mol. The molecule has 0 saturated heterocycles. The number of benzene rings is 2. The lowest BCUT2D eigenvalue weighted by Gasteiger charge is -2.18. The molecule has 0 amide bonds. The monoisotopic (exact) mass is 304 g/mol. The minimum Gasteiger partial charge on any atom is -0.497 e. The molecule has 4 aromatic rings. The Kier molecular flexibility index (Phi) is 2.40. The third-order valence-corrected chi connectivity index (χ3v) is 4.76. The van der Waals surface area contributed by atoms with E-state index in [1.165, 1.54) is 11.1 Å². The largest absolute Gasteiger partial charge is 0.497 e. The zero-order chi connectivity index (χ0) is 15.6. The van der Waals surface area contributed by atoms with Crippen LogP contribution in [0.15, 0.2) is 41.7 Å². The summed E-state index contributed by atoms with van der Waals surface area (Å²) < 4.78 is 7.59. The van der Waals surface area contributed by atoms with E-state index in [2.05, 4.69) is 45.6 Å². The number of pyridine rings is 1. The number of imidazole rings is 1. The highest BCUT2D eigenvalue weighted by Crippen LogP contribution is 2.32. The first-order valence-electron chi connectivity index (χ1n) is 7.73. The van der Waals surface area contributed by atoms with Crippen LogP contribution < -0.4 is 15.0 Å². The van der Waals surface area contributed by atoms with E-state index < -0.39 is 0 Å². The van der Waals surface area contributed by atoms with Crippen molar-refractivity contribution < 1.29 is 4.74 Å². The Morgan fingerprint density at radius 1 is 1.17 bits per heavy atom. The summed E-state index contributed by atoms with van der Waals surface area (Å²) >= 11 is 0. The fourth-order valence-electron chi connectivity index (χ4n) is 3.60. The Hall–Kier alpha value is -2.82. The Morgan fingerprint density at radius 2 is 2.09 bits per heavy atom. The molecule has 0 spiro atoms. The maximum atomic E-state index is 5.43. The lowest BCUT2D eigenvalue weighted by atomic mass is 10.1. The van der Waals surface area contributed by atoms with Crippen molar-refractivity contribution in [2.24, 2.45) is 4.99 Å². The molecule has 0 radical (unpaired) electrons. The number of hydrogen-bond donors (Lipinski definition) is 0. The van der Waals surface area contributed by atoms with E-state index in [1.54, 1.807) is 7.11 Å². The summed E-state index contributed by atoms with van der Waals surface area (Å²) in [6.45, 7) is 1.70. The highest BCUT2D eigenvalue weighted by Gasteiger charge is 2.19. The van der Waals surface area contributed by atoms with Gasteiger partial charge in [0.1, 0.15) is 12.1 Å².